The molecule has 51 heavy (non-hydrogen) atoms. The molecule has 0 N–H and O–H groups in total. The van der Waals surface area contributed by atoms with E-state index in [1.165, 1.54) is 101 Å². The van der Waals surface area contributed by atoms with Crippen LogP contribution in [0.15, 0.2) is 176 Å². The molecule has 0 bridgehead atoms. The minimum Gasteiger partial charge on any atom is -0.309 e. The SMILES string of the molecule is c1cc(-c2ccc3sc4ccccc4c3c2)cc(-c2ccccc2-n2c3ccccc3c3cc(-c4cccc5c4sc4ccccc45)ccc32)c1. The fourth-order valence-electron chi connectivity index (χ4n) is 8.06. The van der Waals surface area contributed by atoms with Crippen LogP contribution < -0.4 is 0 Å². The summed E-state index contributed by atoms with van der Waals surface area (Å²) in [5.41, 5.74) is 11.0. The van der Waals surface area contributed by atoms with Crippen LogP contribution in [0.25, 0.3) is 101 Å². The fourth-order valence-corrected chi connectivity index (χ4v) is 10.4. The van der Waals surface area contributed by atoms with Crippen molar-refractivity contribution < 1.29 is 0 Å². The maximum atomic E-state index is 2.46. The number of rotatable bonds is 4. The van der Waals surface area contributed by atoms with Gasteiger partial charge in [-0.2, -0.15) is 0 Å². The molecule has 3 heterocycles. The summed E-state index contributed by atoms with van der Waals surface area (Å²) in [6.07, 6.45) is 0. The van der Waals surface area contributed by atoms with Gasteiger partial charge in [-0.1, -0.05) is 121 Å². The number of benzene rings is 8. The number of hydrogen-bond acceptors (Lipinski definition) is 2. The summed E-state index contributed by atoms with van der Waals surface area (Å²) in [6, 6.07) is 64.9. The average Bonchev–Trinajstić information content (AvgIpc) is 3.87. The monoisotopic (exact) mass is 683 g/mol. The van der Waals surface area contributed by atoms with Gasteiger partial charge in [0.2, 0.25) is 0 Å². The molecule has 0 atom stereocenters. The lowest BCUT2D eigenvalue weighted by Crippen LogP contribution is -1.97. The molecule has 0 aliphatic rings. The summed E-state index contributed by atoms with van der Waals surface area (Å²) in [4.78, 5) is 0. The molecule has 8 aromatic carbocycles. The van der Waals surface area contributed by atoms with Crippen LogP contribution >= 0.6 is 22.7 Å². The molecular formula is C48H29NS2. The number of aromatic nitrogens is 1. The zero-order valence-corrected chi connectivity index (χ0v) is 29.1. The van der Waals surface area contributed by atoms with Crippen molar-refractivity contribution in [3.8, 4) is 39.1 Å². The van der Waals surface area contributed by atoms with E-state index >= 15 is 0 Å². The quantitative estimate of drug-likeness (QED) is 0.174. The zero-order chi connectivity index (χ0) is 33.5. The van der Waals surface area contributed by atoms with Gasteiger partial charge in [0.05, 0.1) is 16.7 Å². The second-order valence-corrected chi connectivity index (χ2v) is 15.4. The van der Waals surface area contributed by atoms with E-state index in [4.69, 9.17) is 0 Å². The van der Waals surface area contributed by atoms with E-state index < -0.39 is 0 Å². The summed E-state index contributed by atoms with van der Waals surface area (Å²) in [6.45, 7) is 0. The van der Waals surface area contributed by atoms with E-state index in [1.807, 2.05) is 22.7 Å². The van der Waals surface area contributed by atoms with E-state index in [2.05, 4.69) is 180 Å². The summed E-state index contributed by atoms with van der Waals surface area (Å²) < 4.78 is 7.80. The Balaban J connectivity index is 1.07. The van der Waals surface area contributed by atoms with Crippen LogP contribution in [0.2, 0.25) is 0 Å². The molecule has 1 nitrogen and oxygen atoms in total. The Morgan fingerprint density at radius 3 is 1.78 bits per heavy atom. The van der Waals surface area contributed by atoms with Crippen LogP contribution in [-0.2, 0) is 0 Å². The van der Waals surface area contributed by atoms with Crippen molar-refractivity contribution >= 4 is 84.8 Å². The van der Waals surface area contributed by atoms with Gasteiger partial charge in [0, 0.05) is 56.7 Å². The van der Waals surface area contributed by atoms with Crippen molar-refractivity contribution in [3.05, 3.63) is 176 Å². The van der Waals surface area contributed by atoms with Crippen molar-refractivity contribution in [2.24, 2.45) is 0 Å². The lowest BCUT2D eigenvalue weighted by Gasteiger charge is -2.15. The van der Waals surface area contributed by atoms with Crippen molar-refractivity contribution in [2.75, 3.05) is 0 Å². The molecule has 0 aliphatic heterocycles. The van der Waals surface area contributed by atoms with Gasteiger partial charge in [-0.05, 0) is 82.4 Å². The van der Waals surface area contributed by atoms with E-state index in [0.29, 0.717) is 0 Å². The topological polar surface area (TPSA) is 4.93 Å². The summed E-state index contributed by atoms with van der Waals surface area (Å²) in [5.74, 6) is 0. The first-order valence-corrected chi connectivity index (χ1v) is 19.0. The first kappa shape index (κ1) is 28.8. The average molecular weight is 684 g/mol. The lowest BCUT2D eigenvalue weighted by molar-refractivity contribution is 1.18. The first-order valence-electron chi connectivity index (χ1n) is 17.3. The van der Waals surface area contributed by atoms with Crippen molar-refractivity contribution in [1.82, 2.24) is 4.57 Å². The highest BCUT2D eigenvalue weighted by Crippen LogP contribution is 2.43. The standard InChI is InChI=1S/C48H29NS2/c1-5-19-42(34(13-1)32-12-9-11-30(27-32)31-24-26-47-41(28-31)38-16-4-7-21-45(38)50-47)49-43-20-6-2-14-36(43)40-29-33(23-25-44(40)49)35-17-10-18-39-37-15-3-8-22-46(37)51-48(35)39/h1-29H. The molecule has 238 valence electrons. The highest BCUT2D eigenvalue weighted by atomic mass is 32.1. The third kappa shape index (κ3) is 4.45. The smallest absolute Gasteiger partial charge is 0.0541 e. The summed E-state index contributed by atoms with van der Waals surface area (Å²) >= 11 is 3.76. The molecule has 0 radical (unpaired) electrons. The lowest BCUT2D eigenvalue weighted by atomic mass is 9.97. The normalized spacial score (nSPS) is 11.9. The number of thiophene rings is 2. The second kappa shape index (κ2) is 11.3. The Hall–Kier alpha value is -6.00. The second-order valence-electron chi connectivity index (χ2n) is 13.3. The van der Waals surface area contributed by atoms with Gasteiger partial charge in [-0.25, -0.2) is 0 Å². The van der Waals surface area contributed by atoms with Gasteiger partial charge in [0.15, 0.2) is 0 Å². The van der Waals surface area contributed by atoms with Crippen LogP contribution in [0.4, 0.5) is 0 Å². The predicted octanol–water partition coefficient (Wildman–Crippen LogP) is 14.5. The molecule has 0 aliphatic carbocycles. The molecule has 11 aromatic rings. The number of fused-ring (bicyclic) bond motifs is 9. The highest BCUT2D eigenvalue weighted by molar-refractivity contribution is 7.26. The molecule has 0 saturated carbocycles. The molecule has 3 heteroatoms. The third-order valence-electron chi connectivity index (χ3n) is 10.4. The van der Waals surface area contributed by atoms with Crippen molar-refractivity contribution in [3.63, 3.8) is 0 Å². The van der Waals surface area contributed by atoms with Crippen molar-refractivity contribution in [2.45, 2.75) is 0 Å². The molecular weight excluding hydrogens is 655 g/mol. The van der Waals surface area contributed by atoms with E-state index in [-0.39, 0.29) is 0 Å². The largest absolute Gasteiger partial charge is 0.309 e. The summed E-state index contributed by atoms with van der Waals surface area (Å²) in [7, 11) is 0. The molecule has 0 saturated heterocycles. The highest BCUT2D eigenvalue weighted by Gasteiger charge is 2.18. The van der Waals surface area contributed by atoms with Gasteiger partial charge in [0.1, 0.15) is 0 Å². The van der Waals surface area contributed by atoms with Gasteiger partial charge in [-0.3, -0.25) is 0 Å². The Bertz CT molecular complexity index is 3150. The zero-order valence-electron chi connectivity index (χ0n) is 27.5. The Labute approximate surface area is 302 Å². The third-order valence-corrected chi connectivity index (χ3v) is 12.8. The molecule has 0 spiro atoms. The van der Waals surface area contributed by atoms with Crippen molar-refractivity contribution in [1.29, 1.82) is 0 Å². The van der Waals surface area contributed by atoms with Gasteiger partial charge < -0.3 is 4.57 Å². The minimum absolute atomic E-state index is 1.18. The number of hydrogen-bond donors (Lipinski definition) is 0. The molecule has 0 unspecified atom stereocenters. The fraction of sp³-hybridized carbons (Fsp3) is 0. The predicted molar refractivity (Wildman–Crippen MR) is 223 cm³/mol. The Morgan fingerprint density at radius 1 is 0.314 bits per heavy atom. The molecule has 0 fully saturated rings. The maximum absolute atomic E-state index is 2.46. The minimum atomic E-state index is 1.18. The van der Waals surface area contributed by atoms with Crippen LogP contribution in [0, 0.1) is 0 Å². The number of nitrogens with zero attached hydrogens (tertiary/aromatic N) is 1. The molecule has 3 aromatic heterocycles. The van der Waals surface area contributed by atoms with Gasteiger partial charge >= 0.3 is 0 Å². The van der Waals surface area contributed by atoms with E-state index in [0.717, 1.165) is 0 Å². The summed E-state index contributed by atoms with van der Waals surface area (Å²) in [5, 5.41) is 7.84. The van der Waals surface area contributed by atoms with Crippen LogP contribution in [-0.4, -0.2) is 4.57 Å². The van der Waals surface area contributed by atoms with Gasteiger partial charge in [0.25, 0.3) is 0 Å². The van der Waals surface area contributed by atoms with Crippen LogP contribution in [0.3, 0.4) is 0 Å². The Morgan fingerprint density at radius 2 is 0.882 bits per heavy atom. The molecule has 11 rings (SSSR count). The van der Waals surface area contributed by atoms with Crippen LogP contribution in [0.1, 0.15) is 0 Å². The Kier molecular flexibility index (Phi) is 6.36. The van der Waals surface area contributed by atoms with E-state index in [1.54, 1.807) is 0 Å². The maximum Gasteiger partial charge on any atom is 0.0541 e. The van der Waals surface area contributed by atoms with E-state index in [9.17, 15) is 0 Å². The van der Waals surface area contributed by atoms with Gasteiger partial charge in [-0.15, -0.1) is 22.7 Å². The number of para-hydroxylation sites is 2. The first-order chi connectivity index (χ1) is 25.3. The molecule has 0 amide bonds. The van der Waals surface area contributed by atoms with Crippen LogP contribution in [0.5, 0.6) is 0 Å².